The topological polar surface area (TPSA) is 68.2 Å². The largest absolute Gasteiger partial charge is 0.474 e. The van der Waals surface area contributed by atoms with Crippen molar-refractivity contribution < 1.29 is 24.4 Å². The highest BCUT2D eigenvalue weighted by Gasteiger charge is 1.98. The van der Waals surface area contributed by atoms with E-state index >= 15 is 0 Å². The maximum Gasteiger partial charge on any atom is 0.177 e. The van der Waals surface area contributed by atoms with Crippen LogP contribution in [0.4, 0.5) is 0 Å². The Morgan fingerprint density at radius 1 is 1.36 bits per heavy atom. The maximum absolute atomic E-state index is 8.66. The monoisotopic (exact) mass is 206 g/mol. The Hall–Kier alpha value is -0.880. The number of rotatable bonds is 7. The zero-order chi connectivity index (χ0) is 11.2. The molecule has 1 atom stereocenters. The molecule has 0 saturated carbocycles. The average molecular weight is 206 g/mol. The van der Waals surface area contributed by atoms with Crippen molar-refractivity contribution in [3.63, 3.8) is 0 Å². The van der Waals surface area contributed by atoms with Gasteiger partial charge in [-0.1, -0.05) is 13.2 Å². The Morgan fingerprint density at radius 3 is 2.21 bits per heavy atom. The third kappa shape index (κ3) is 17.3. The lowest BCUT2D eigenvalue weighted by atomic mass is 10.7. The van der Waals surface area contributed by atoms with Crippen LogP contribution in [0.25, 0.3) is 0 Å². The van der Waals surface area contributed by atoms with E-state index in [9.17, 15) is 0 Å². The Labute approximate surface area is 84.2 Å². The lowest BCUT2D eigenvalue weighted by molar-refractivity contribution is -0.121. The number of methoxy groups -OCH3 is 1. The second-order valence-corrected chi connectivity index (χ2v) is 1.96. The van der Waals surface area contributed by atoms with Gasteiger partial charge in [-0.25, -0.2) is 0 Å². The molecule has 0 radical (unpaired) electrons. The minimum absolute atomic E-state index is 0.0313. The van der Waals surface area contributed by atoms with Crippen molar-refractivity contribution in [2.45, 2.75) is 6.29 Å². The van der Waals surface area contributed by atoms with Gasteiger partial charge in [0.25, 0.3) is 0 Å². The molecule has 0 aromatic rings. The van der Waals surface area contributed by atoms with Crippen LogP contribution in [0.5, 0.6) is 0 Å². The van der Waals surface area contributed by atoms with Gasteiger partial charge in [-0.3, -0.25) is 0 Å². The fourth-order valence-electron chi connectivity index (χ4n) is 0.385. The zero-order valence-corrected chi connectivity index (χ0v) is 8.39. The lowest BCUT2D eigenvalue weighted by Gasteiger charge is -2.06. The fraction of sp³-hybridized carbons (Fsp3) is 0.556. The summed E-state index contributed by atoms with van der Waals surface area (Å²) >= 11 is 0. The van der Waals surface area contributed by atoms with Crippen LogP contribution < -0.4 is 0 Å². The third-order valence-electron chi connectivity index (χ3n) is 0.961. The smallest absolute Gasteiger partial charge is 0.177 e. The molecule has 0 fully saturated rings. The Balaban J connectivity index is 0. The SMILES string of the molecule is C=COC=C.COC(O)COCCO. The molecule has 0 amide bonds. The number of hydrogen-bond acceptors (Lipinski definition) is 5. The normalized spacial score (nSPS) is 10.8. The first-order chi connectivity index (χ1) is 6.72. The second kappa shape index (κ2) is 14.6. The summed E-state index contributed by atoms with van der Waals surface area (Å²) in [6, 6.07) is 0. The molecule has 0 heterocycles. The van der Waals surface area contributed by atoms with Crippen molar-refractivity contribution in [2.75, 3.05) is 26.9 Å². The summed E-state index contributed by atoms with van der Waals surface area (Å²) in [7, 11) is 1.38. The minimum atomic E-state index is -0.878. The van der Waals surface area contributed by atoms with Gasteiger partial charge >= 0.3 is 0 Å². The summed E-state index contributed by atoms with van der Waals surface area (Å²) in [6.45, 7) is 6.83. The van der Waals surface area contributed by atoms with Crippen molar-refractivity contribution in [2.24, 2.45) is 0 Å². The number of aliphatic hydroxyl groups excluding tert-OH is 2. The molecule has 0 aromatic heterocycles. The van der Waals surface area contributed by atoms with Crippen LogP contribution in [0.2, 0.25) is 0 Å². The Bertz CT molecular complexity index is 120. The molecule has 0 aliphatic rings. The molecule has 84 valence electrons. The second-order valence-electron chi connectivity index (χ2n) is 1.96. The lowest BCUT2D eigenvalue weighted by Crippen LogP contribution is -2.18. The molecule has 0 aliphatic carbocycles. The predicted octanol–water partition coefficient (Wildman–Crippen LogP) is 0.250. The summed E-state index contributed by atoms with van der Waals surface area (Å²) in [5.74, 6) is 0. The van der Waals surface area contributed by atoms with Crippen LogP contribution in [0.3, 0.4) is 0 Å². The van der Waals surface area contributed by atoms with E-state index in [0.717, 1.165) is 0 Å². The summed E-state index contributed by atoms with van der Waals surface area (Å²) in [5.41, 5.74) is 0. The molecule has 1 unspecified atom stereocenters. The summed E-state index contributed by atoms with van der Waals surface area (Å²) in [4.78, 5) is 0. The maximum atomic E-state index is 8.66. The van der Waals surface area contributed by atoms with Crippen molar-refractivity contribution >= 4 is 0 Å². The zero-order valence-electron chi connectivity index (χ0n) is 8.39. The molecular formula is C9H18O5. The molecule has 0 bridgehead atoms. The Kier molecular flexibility index (Phi) is 16.3. The molecule has 0 aromatic carbocycles. The highest BCUT2D eigenvalue weighted by Crippen LogP contribution is 1.83. The molecule has 0 aliphatic heterocycles. The van der Waals surface area contributed by atoms with Crippen LogP contribution in [0, 0.1) is 0 Å². The van der Waals surface area contributed by atoms with Gasteiger partial charge in [-0.15, -0.1) is 0 Å². The summed E-state index contributed by atoms with van der Waals surface area (Å²) in [6.07, 6.45) is 1.75. The molecule has 14 heavy (non-hydrogen) atoms. The van der Waals surface area contributed by atoms with Crippen LogP contribution in [0.1, 0.15) is 0 Å². The van der Waals surface area contributed by atoms with Gasteiger partial charge in [-0.05, 0) is 0 Å². The first-order valence-corrected chi connectivity index (χ1v) is 3.99. The van der Waals surface area contributed by atoms with Crippen molar-refractivity contribution in [1.29, 1.82) is 0 Å². The van der Waals surface area contributed by atoms with Crippen molar-refractivity contribution in [3.05, 3.63) is 25.7 Å². The number of aliphatic hydroxyl groups is 2. The molecule has 0 spiro atoms. The summed E-state index contributed by atoms with van der Waals surface area (Å²) in [5, 5.41) is 16.9. The molecule has 0 saturated heterocycles. The molecule has 2 N–H and O–H groups in total. The van der Waals surface area contributed by atoms with Gasteiger partial charge in [0.2, 0.25) is 0 Å². The third-order valence-corrected chi connectivity index (χ3v) is 0.961. The van der Waals surface area contributed by atoms with Gasteiger partial charge in [0.05, 0.1) is 32.3 Å². The molecule has 5 heteroatoms. The van der Waals surface area contributed by atoms with Gasteiger partial charge in [0.1, 0.15) is 0 Å². The minimum Gasteiger partial charge on any atom is -0.474 e. The predicted molar refractivity (Wildman–Crippen MR) is 52.4 cm³/mol. The van der Waals surface area contributed by atoms with E-state index in [0.29, 0.717) is 0 Å². The summed E-state index contributed by atoms with van der Waals surface area (Å²) < 4.78 is 13.5. The van der Waals surface area contributed by atoms with E-state index in [1.165, 1.54) is 19.6 Å². The number of ether oxygens (including phenoxy) is 3. The van der Waals surface area contributed by atoms with Crippen LogP contribution in [0.15, 0.2) is 25.7 Å². The van der Waals surface area contributed by atoms with Crippen molar-refractivity contribution in [3.8, 4) is 0 Å². The standard InChI is InChI=1S/C5H12O4.C4H6O/c1-8-5(7)4-9-3-2-6;1-3-5-4-2/h5-7H,2-4H2,1H3;3-4H,1-2H2. The quantitative estimate of drug-likeness (QED) is 0.355. The fourth-order valence-corrected chi connectivity index (χ4v) is 0.385. The molecule has 0 rings (SSSR count). The Morgan fingerprint density at radius 2 is 1.93 bits per heavy atom. The van der Waals surface area contributed by atoms with Crippen LogP contribution in [-0.4, -0.2) is 43.4 Å². The van der Waals surface area contributed by atoms with Gasteiger partial charge in [-0.2, -0.15) is 0 Å². The van der Waals surface area contributed by atoms with Gasteiger partial charge in [0.15, 0.2) is 6.29 Å². The van der Waals surface area contributed by atoms with Crippen molar-refractivity contribution in [1.82, 2.24) is 0 Å². The van der Waals surface area contributed by atoms with Gasteiger partial charge in [0, 0.05) is 7.11 Å². The highest BCUT2D eigenvalue weighted by atomic mass is 16.6. The highest BCUT2D eigenvalue weighted by molar-refractivity contribution is 4.57. The first-order valence-electron chi connectivity index (χ1n) is 3.99. The van der Waals surface area contributed by atoms with E-state index in [2.05, 4.69) is 22.6 Å². The van der Waals surface area contributed by atoms with Crippen LogP contribution in [-0.2, 0) is 14.2 Å². The van der Waals surface area contributed by atoms with E-state index < -0.39 is 6.29 Å². The first kappa shape index (κ1) is 15.6. The van der Waals surface area contributed by atoms with Gasteiger partial charge < -0.3 is 24.4 Å². The van der Waals surface area contributed by atoms with E-state index in [4.69, 9.17) is 14.9 Å². The number of hydrogen-bond donors (Lipinski definition) is 2. The molecule has 5 nitrogen and oxygen atoms in total. The van der Waals surface area contributed by atoms with E-state index in [1.54, 1.807) is 0 Å². The average Bonchev–Trinajstić information content (AvgIpc) is 2.20. The van der Waals surface area contributed by atoms with E-state index in [1.807, 2.05) is 0 Å². The van der Waals surface area contributed by atoms with E-state index in [-0.39, 0.29) is 19.8 Å². The van der Waals surface area contributed by atoms with Crippen LogP contribution >= 0.6 is 0 Å². The molecular weight excluding hydrogens is 188 g/mol.